The van der Waals surface area contributed by atoms with Crippen LogP contribution in [-0.4, -0.2) is 19.1 Å². The van der Waals surface area contributed by atoms with Gasteiger partial charge in [0, 0.05) is 5.92 Å². The van der Waals surface area contributed by atoms with Crippen molar-refractivity contribution in [2.75, 3.05) is 18.1 Å². The van der Waals surface area contributed by atoms with Crippen molar-refractivity contribution < 1.29 is 9.53 Å². The summed E-state index contributed by atoms with van der Waals surface area (Å²) < 4.78 is 5.61. The second-order valence-electron chi connectivity index (χ2n) is 4.82. The Morgan fingerprint density at radius 1 is 1.39 bits per heavy atom. The molecule has 2 rings (SSSR count). The van der Waals surface area contributed by atoms with Gasteiger partial charge in [-0.25, -0.2) is 0 Å². The summed E-state index contributed by atoms with van der Waals surface area (Å²) in [6.07, 6.45) is 1.79. The van der Waals surface area contributed by atoms with E-state index < -0.39 is 0 Å². The number of aryl methyl sites for hydroxylation is 1. The van der Waals surface area contributed by atoms with Gasteiger partial charge in [0.05, 0.1) is 12.2 Å². The quantitative estimate of drug-likeness (QED) is 0.821. The van der Waals surface area contributed by atoms with E-state index in [0.29, 0.717) is 13.2 Å². The number of benzene rings is 1. The molecular weight excluding hydrogens is 226 g/mol. The molecule has 3 heteroatoms. The second kappa shape index (κ2) is 5.42. The molecule has 0 radical (unpaired) electrons. The van der Waals surface area contributed by atoms with E-state index in [-0.39, 0.29) is 11.8 Å². The first kappa shape index (κ1) is 12.9. The molecule has 98 valence electrons. The fourth-order valence-corrected chi connectivity index (χ4v) is 2.41. The van der Waals surface area contributed by atoms with Crippen LogP contribution in [0.4, 0.5) is 5.69 Å². The van der Waals surface area contributed by atoms with Crippen LogP contribution in [0.5, 0.6) is 5.75 Å². The number of ether oxygens (including phenoxy) is 1. The summed E-state index contributed by atoms with van der Waals surface area (Å²) in [5.74, 6) is 1.18. The maximum atomic E-state index is 12.5. The largest absolute Gasteiger partial charge is 0.490 e. The fraction of sp³-hybridized carbons (Fsp3) is 0.533. The van der Waals surface area contributed by atoms with Crippen LogP contribution in [0.3, 0.4) is 0 Å². The van der Waals surface area contributed by atoms with Crippen molar-refractivity contribution in [3.63, 3.8) is 0 Å². The molecule has 0 bridgehead atoms. The van der Waals surface area contributed by atoms with Gasteiger partial charge in [0.2, 0.25) is 5.91 Å². The van der Waals surface area contributed by atoms with Crippen molar-refractivity contribution in [2.24, 2.45) is 5.92 Å². The smallest absolute Gasteiger partial charge is 0.230 e. The van der Waals surface area contributed by atoms with Crippen LogP contribution in [-0.2, 0) is 4.79 Å². The predicted molar refractivity (Wildman–Crippen MR) is 73.1 cm³/mol. The molecule has 0 fully saturated rings. The molecule has 3 nitrogen and oxygen atoms in total. The number of hydrogen-bond acceptors (Lipinski definition) is 2. The monoisotopic (exact) mass is 247 g/mol. The van der Waals surface area contributed by atoms with Crippen LogP contribution in [0.25, 0.3) is 0 Å². The van der Waals surface area contributed by atoms with Crippen LogP contribution in [0, 0.1) is 12.8 Å². The summed E-state index contributed by atoms with van der Waals surface area (Å²) in [4.78, 5) is 14.4. The van der Waals surface area contributed by atoms with E-state index in [1.165, 1.54) is 0 Å². The Labute approximate surface area is 109 Å². The summed E-state index contributed by atoms with van der Waals surface area (Å²) in [7, 11) is 0. The Hall–Kier alpha value is -1.51. The van der Waals surface area contributed by atoms with Gasteiger partial charge in [-0.1, -0.05) is 19.9 Å². The minimum atomic E-state index is 0.122. The number of amides is 1. The van der Waals surface area contributed by atoms with Crippen LogP contribution >= 0.6 is 0 Å². The number of carbonyl (C=O) groups is 1. The molecule has 1 heterocycles. The highest BCUT2D eigenvalue weighted by Gasteiger charge is 2.27. The zero-order valence-electron chi connectivity index (χ0n) is 11.4. The van der Waals surface area contributed by atoms with Gasteiger partial charge >= 0.3 is 0 Å². The number of rotatable bonds is 3. The topological polar surface area (TPSA) is 29.5 Å². The molecule has 1 aliphatic rings. The SMILES string of the molecule is CCC(CC)C(=O)N1CCOc2ccc(C)cc21. The number of nitrogens with zero attached hydrogens (tertiary/aromatic N) is 1. The normalized spacial score (nSPS) is 14.3. The highest BCUT2D eigenvalue weighted by atomic mass is 16.5. The number of carbonyl (C=O) groups excluding carboxylic acids is 1. The lowest BCUT2D eigenvalue weighted by molar-refractivity contribution is -0.122. The van der Waals surface area contributed by atoms with Gasteiger partial charge in [0.15, 0.2) is 0 Å². The lowest BCUT2D eigenvalue weighted by Crippen LogP contribution is -2.41. The summed E-state index contributed by atoms with van der Waals surface area (Å²) >= 11 is 0. The van der Waals surface area contributed by atoms with Crippen LogP contribution < -0.4 is 9.64 Å². The molecule has 1 aromatic rings. The molecule has 0 N–H and O–H groups in total. The Morgan fingerprint density at radius 3 is 2.78 bits per heavy atom. The average molecular weight is 247 g/mol. The van der Waals surface area contributed by atoms with Crippen LogP contribution in [0.15, 0.2) is 18.2 Å². The Kier molecular flexibility index (Phi) is 3.90. The zero-order chi connectivity index (χ0) is 13.1. The van der Waals surface area contributed by atoms with Gasteiger partial charge in [-0.2, -0.15) is 0 Å². The van der Waals surface area contributed by atoms with Crippen molar-refractivity contribution in [1.29, 1.82) is 0 Å². The molecule has 18 heavy (non-hydrogen) atoms. The first-order valence-corrected chi connectivity index (χ1v) is 6.72. The van der Waals surface area contributed by atoms with Gasteiger partial charge in [0.25, 0.3) is 0 Å². The molecule has 1 aromatic carbocycles. The first-order chi connectivity index (χ1) is 8.67. The molecule has 1 aliphatic heterocycles. The Balaban J connectivity index is 2.32. The molecule has 1 amide bonds. The standard InChI is InChI=1S/C15H21NO2/c1-4-12(5-2)15(17)16-8-9-18-14-7-6-11(3)10-13(14)16/h6-7,10,12H,4-5,8-9H2,1-3H3. The molecule has 0 aliphatic carbocycles. The third-order valence-corrected chi connectivity index (χ3v) is 3.58. The van der Waals surface area contributed by atoms with E-state index in [2.05, 4.69) is 13.8 Å². The molecule has 0 aromatic heterocycles. The van der Waals surface area contributed by atoms with E-state index in [4.69, 9.17) is 4.74 Å². The van der Waals surface area contributed by atoms with Crippen molar-refractivity contribution in [3.8, 4) is 5.75 Å². The molecule has 0 unspecified atom stereocenters. The van der Waals surface area contributed by atoms with Crippen molar-refractivity contribution in [1.82, 2.24) is 0 Å². The molecule has 0 saturated carbocycles. The average Bonchev–Trinajstić information content (AvgIpc) is 2.39. The summed E-state index contributed by atoms with van der Waals surface area (Å²) in [5, 5.41) is 0. The lowest BCUT2D eigenvalue weighted by atomic mass is 10.0. The molecule has 0 spiro atoms. The van der Waals surface area contributed by atoms with Gasteiger partial charge in [-0.15, -0.1) is 0 Å². The van der Waals surface area contributed by atoms with Crippen molar-refractivity contribution in [3.05, 3.63) is 23.8 Å². The van der Waals surface area contributed by atoms with Crippen molar-refractivity contribution >= 4 is 11.6 Å². The maximum Gasteiger partial charge on any atom is 0.230 e. The number of fused-ring (bicyclic) bond motifs is 1. The van der Waals surface area contributed by atoms with Crippen LogP contribution in [0.1, 0.15) is 32.3 Å². The van der Waals surface area contributed by atoms with Gasteiger partial charge in [-0.3, -0.25) is 4.79 Å². The van der Waals surface area contributed by atoms with Gasteiger partial charge in [0.1, 0.15) is 12.4 Å². The molecular formula is C15H21NO2. The summed E-state index contributed by atoms with van der Waals surface area (Å²) in [6.45, 7) is 7.43. The highest BCUT2D eigenvalue weighted by molar-refractivity contribution is 5.96. The highest BCUT2D eigenvalue weighted by Crippen LogP contribution is 2.33. The fourth-order valence-electron chi connectivity index (χ4n) is 2.41. The van der Waals surface area contributed by atoms with Crippen molar-refractivity contribution in [2.45, 2.75) is 33.6 Å². The third kappa shape index (κ3) is 2.35. The summed E-state index contributed by atoms with van der Waals surface area (Å²) in [6, 6.07) is 6.01. The van der Waals surface area contributed by atoms with E-state index in [1.54, 1.807) is 0 Å². The maximum absolute atomic E-state index is 12.5. The van der Waals surface area contributed by atoms with E-state index in [0.717, 1.165) is 29.8 Å². The number of hydrogen-bond donors (Lipinski definition) is 0. The minimum absolute atomic E-state index is 0.122. The summed E-state index contributed by atoms with van der Waals surface area (Å²) in [5.41, 5.74) is 2.08. The van der Waals surface area contributed by atoms with Gasteiger partial charge < -0.3 is 9.64 Å². The van der Waals surface area contributed by atoms with E-state index >= 15 is 0 Å². The van der Waals surface area contributed by atoms with E-state index in [9.17, 15) is 4.79 Å². The zero-order valence-corrected chi connectivity index (χ0v) is 11.4. The molecule has 0 atom stereocenters. The number of anilines is 1. The minimum Gasteiger partial charge on any atom is -0.490 e. The Morgan fingerprint density at radius 2 is 2.11 bits per heavy atom. The first-order valence-electron chi connectivity index (χ1n) is 6.72. The van der Waals surface area contributed by atoms with Gasteiger partial charge in [-0.05, 0) is 37.5 Å². The Bertz CT molecular complexity index is 438. The predicted octanol–water partition coefficient (Wildman–Crippen LogP) is 3.16. The second-order valence-corrected chi connectivity index (χ2v) is 4.82. The lowest BCUT2D eigenvalue weighted by Gasteiger charge is -2.32. The molecule has 0 saturated heterocycles. The third-order valence-electron chi connectivity index (χ3n) is 3.58. The van der Waals surface area contributed by atoms with Crippen LogP contribution in [0.2, 0.25) is 0 Å². The van der Waals surface area contributed by atoms with E-state index in [1.807, 2.05) is 30.0 Å².